The Bertz CT molecular complexity index is 237. The van der Waals surface area contributed by atoms with E-state index in [9.17, 15) is 9.59 Å². The van der Waals surface area contributed by atoms with Crippen LogP contribution in [0, 0.1) is 11.3 Å². The molecule has 0 aliphatic rings. The molecule has 0 heterocycles. The highest BCUT2D eigenvalue weighted by Gasteiger charge is 2.02. The lowest BCUT2D eigenvalue weighted by molar-refractivity contribution is -0.133. The molecule has 0 rings (SSSR count). The second-order valence-corrected chi connectivity index (χ2v) is 3.48. The summed E-state index contributed by atoms with van der Waals surface area (Å²) in [7, 11) is 0. The van der Waals surface area contributed by atoms with Crippen LogP contribution < -0.4 is 5.32 Å². The maximum Gasteiger partial charge on any atom is 0.313 e. The van der Waals surface area contributed by atoms with Crippen LogP contribution in [0.15, 0.2) is 0 Å². The van der Waals surface area contributed by atoms with Gasteiger partial charge >= 0.3 is 5.97 Å². The first-order valence-corrected chi connectivity index (χ1v) is 5.25. The monoisotopic (exact) mass is 216 g/mol. The number of nitrogens with one attached hydrogen (secondary N) is 1. The normalized spacial score (nSPS) is 9.07. The molecule has 0 aromatic rings. The van der Waals surface area contributed by atoms with E-state index in [-0.39, 0.29) is 17.4 Å². The molecule has 0 saturated heterocycles. The zero-order valence-electron chi connectivity index (χ0n) is 7.65. The van der Waals surface area contributed by atoms with Crippen molar-refractivity contribution in [3.8, 4) is 6.07 Å². The van der Waals surface area contributed by atoms with Gasteiger partial charge in [-0.1, -0.05) is 0 Å². The number of nitrogens with zero attached hydrogens (tertiary/aromatic N) is 1. The van der Waals surface area contributed by atoms with Crippen LogP contribution in [0.2, 0.25) is 0 Å². The van der Waals surface area contributed by atoms with Crippen molar-refractivity contribution in [2.75, 3.05) is 18.1 Å². The highest BCUT2D eigenvalue weighted by atomic mass is 32.2. The Morgan fingerprint density at radius 3 is 2.71 bits per heavy atom. The van der Waals surface area contributed by atoms with Gasteiger partial charge in [0, 0.05) is 13.0 Å². The largest absolute Gasteiger partial charge is 0.481 e. The van der Waals surface area contributed by atoms with Crippen LogP contribution in [0.5, 0.6) is 0 Å². The number of amides is 1. The Morgan fingerprint density at radius 1 is 1.43 bits per heavy atom. The highest BCUT2D eigenvalue weighted by molar-refractivity contribution is 8.00. The van der Waals surface area contributed by atoms with Crippen LogP contribution in [0.25, 0.3) is 0 Å². The second kappa shape index (κ2) is 8.38. The van der Waals surface area contributed by atoms with Crippen molar-refractivity contribution in [3.05, 3.63) is 0 Å². The molecule has 0 atom stereocenters. The number of rotatable bonds is 7. The van der Waals surface area contributed by atoms with Crippen molar-refractivity contribution in [1.82, 2.24) is 5.32 Å². The lowest BCUT2D eigenvalue weighted by Gasteiger charge is -2.01. The number of thioether (sulfide) groups is 1. The average Bonchev–Trinajstić information content (AvgIpc) is 2.12. The van der Waals surface area contributed by atoms with E-state index >= 15 is 0 Å². The minimum Gasteiger partial charge on any atom is -0.481 e. The van der Waals surface area contributed by atoms with Crippen molar-refractivity contribution in [2.24, 2.45) is 0 Å². The van der Waals surface area contributed by atoms with Gasteiger partial charge in [0.1, 0.15) is 0 Å². The maximum absolute atomic E-state index is 11.0. The first-order valence-electron chi connectivity index (χ1n) is 4.10. The summed E-state index contributed by atoms with van der Waals surface area (Å²) in [5, 5.41) is 19.1. The fraction of sp³-hybridized carbons (Fsp3) is 0.625. The number of aliphatic carboxylic acids is 1. The smallest absolute Gasteiger partial charge is 0.313 e. The number of carboxylic acid groups (broad SMARTS) is 1. The van der Waals surface area contributed by atoms with Gasteiger partial charge in [-0.25, -0.2) is 0 Å². The van der Waals surface area contributed by atoms with E-state index in [1.165, 1.54) is 0 Å². The second-order valence-electron chi connectivity index (χ2n) is 2.50. The molecule has 2 N–H and O–H groups in total. The van der Waals surface area contributed by atoms with Gasteiger partial charge in [0.2, 0.25) is 5.91 Å². The molecule has 0 bridgehead atoms. The average molecular weight is 216 g/mol. The van der Waals surface area contributed by atoms with Crippen LogP contribution in [0.4, 0.5) is 0 Å². The zero-order chi connectivity index (χ0) is 10.8. The number of carboxylic acids is 1. The van der Waals surface area contributed by atoms with Crippen LogP contribution in [-0.2, 0) is 9.59 Å². The quantitative estimate of drug-likeness (QED) is 0.594. The minimum absolute atomic E-state index is 0.0639. The summed E-state index contributed by atoms with van der Waals surface area (Å²) >= 11 is 1.06. The molecule has 0 fully saturated rings. The Balaban J connectivity index is 3.29. The van der Waals surface area contributed by atoms with Crippen LogP contribution in [0.1, 0.15) is 12.8 Å². The molecule has 1 amide bonds. The van der Waals surface area contributed by atoms with E-state index in [0.717, 1.165) is 11.8 Å². The summed E-state index contributed by atoms with van der Waals surface area (Å²) < 4.78 is 0. The molecule has 0 spiro atoms. The van der Waals surface area contributed by atoms with E-state index in [1.54, 1.807) is 0 Å². The van der Waals surface area contributed by atoms with Gasteiger partial charge in [-0.2, -0.15) is 5.26 Å². The number of carbonyl (C=O) groups excluding carboxylic acids is 1. The number of carbonyl (C=O) groups is 2. The van der Waals surface area contributed by atoms with Gasteiger partial charge in [-0.3, -0.25) is 9.59 Å². The summed E-state index contributed by atoms with van der Waals surface area (Å²) in [6.07, 6.45) is 1.05. The Kier molecular flexibility index (Phi) is 7.65. The van der Waals surface area contributed by atoms with Gasteiger partial charge in [0.25, 0.3) is 0 Å². The summed E-state index contributed by atoms with van der Waals surface area (Å²) in [6, 6.07) is 1.97. The fourth-order valence-electron chi connectivity index (χ4n) is 0.677. The first-order chi connectivity index (χ1) is 6.66. The number of unbranched alkanes of at least 4 members (excludes halogenated alkanes) is 1. The number of hydrogen-bond acceptors (Lipinski definition) is 4. The van der Waals surface area contributed by atoms with E-state index in [0.29, 0.717) is 19.4 Å². The van der Waals surface area contributed by atoms with Crippen molar-refractivity contribution < 1.29 is 14.7 Å². The topological polar surface area (TPSA) is 90.2 Å². The molecule has 6 heteroatoms. The van der Waals surface area contributed by atoms with Gasteiger partial charge in [0.05, 0.1) is 17.6 Å². The molecule has 0 aromatic heterocycles. The van der Waals surface area contributed by atoms with Crippen molar-refractivity contribution >= 4 is 23.6 Å². The van der Waals surface area contributed by atoms with Crippen molar-refractivity contribution in [3.63, 3.8) is 0 Å². The van der Waals surface area contributed by atoms with Gasteiger partial charge in [0.15, 0.2) is 0 Å². The van der Waals surface area contributed by atoms with Crippen LogP contribution in [0.3, 0.4) is 0 Å². The SMILES string of the molecule is N#CCCCNC(=O)CSCC(=O)O. The van der Waals surface area contributed by atoms with E-state index in [4.69, 9.17) is 10.4 Å². The molecule has 14 heavy (non-hydrogen) atoms. The summed E-state index contributed by atoms with van der Waals surface area (Å²) in [5.74, 6) is -1.02. The predicted molar refractivity (Wildman–Crippen MR) is 52.8 cm³/mol. The van der Waals surface area contributed by atoms with Gasteiger partial charge in [-0.05, 0) is 6.42 Å². The maximum atomic E-state index is 11.0. The zero-order valence-corrected chi connectivity index (χ0v) is 8.47. The molecule has 0 aliphatic carbocycles. The number of hydrogen-bond donors (Lipinski definition) is 2. The van der Waals surface area contributed by atoms with E-state index in [2.05, 4.69) is 5.32 Å². The molecule has 0 unspecified atom stereocenters. The minimum atomic E-state index is -0.924. The van der Waals surface area contributed by atoms with E-state index < -0.39 is 5.97 Å². The molecule has 0 saturated carbocycles. The Morgan fingerprint density at radius 2 is 2.14 bits per heavy atom. The molecule has 5 nitrogen and oxygen atoms in total. The van der Waals surface area contributed by atoms with Crippen LogP contribution in [-0.4, -0.2) is 35.0 Å². The van der Waals surface area contributed by atoms with Crippen molar-refractivity contribution in [2.45, 2.75) is 12.8 Å². The van der Waals surface area contributed by atoms with Crippen LogP contribution >= 0.6 is 11.8 Å². The molecular weight excluding hydrogens is 204 g/mol. The summed E-state index contributed by atoms with van der Waals surface area (Å²) in [6.45, 7) is 0.472. The molecule has 0 radical (unpaired) electrons. The number of nitriles is 1. The van der Waals surface area contributed by atoms with Gasteiger partial charge in [-0.15, -0.1) is 11.8 Å². The highest BCUT2D eigenvalue weighted by Crippen LogP contribution is 1.97. The third-order valence-corrected chi connectivity index (χ3v) is 2.16. The van der Waals surface area contributed by atoms with E-state index in [1.807, 2.05) is 6.07 Å². The van der Waals surface area contributed by atoms with Crippen molar-refractivity contribution in [1.29, 1.82) is 5.26 Å². The lowest BCUT2D eigenvalue weighted by atomic mass is 10.3. The standard InChI is InChI=1S/C8H12N2O3S/c9-3-1-2-4-10-7(11)5-14-6-8(12)13/h1-2,4-6H2,(H,10,11)(H,12,13). The molecule has 0 aromatic carbocycles. The molecule has 78 valence electrons. The molecular formula is C8H12N2O3S. The Hall–Kier alpha value is -1.22. The third kappa shape index (κ3) is 8.87. The third-order valence-electron chi connectivity index (χ3n) is 1.25. The molecule has 0 aliphatic heterocycles. The first kappa shape index (κ1) is 12.8. The summed E-state index contributed by atoms with van der Waals surface area (Å²) in [5.41, 5.74) is 0. The summed E-state index contributed by atoms with van der Waals surface area (Å²) in [4.78, 5) is 21.1. The van der Waals surface area contributed by atoms with Gasteiger partial charge < -0.3 is 10.4 Å². The fourth-order valence-corrected chi connectivity index (χ4v) is 1.24. The lowest BCUT2D eigenvalue weighted by Crippen LogP contribution is -2.26. The predicted octanol–water partition coefficient (Wildman–Crippen LogP) is 0.224. The Labute approximate surface area is 86.5 Å².